The highest BCUT2D eigenvalue weighted by atomic mass is 127. The van der Waals surface area contributed by atoms with Crippen LogP contribution in [0.5, 0.6) is 0 Å². The lowest BCUT2D eigenvalue weighted by atomic mass is 10.3. The predicted molar refractivity (Wildman–Crippen MR) is 74.9 cm³/mol. The second kappa shape index (κ2) is 5.79. The van der Waals surface area contributed by atoms with Crippen molar-refractivity contribution in [2.75, 3.05) is 25.0 Å². The third kappa shape index (κ3) is 3.65. The second-order valence-corrected chi connectivity index (χ2v) is 5.37. The number of rotatable bonds is 3. The van der Waals surface area contributed by atoms with Crippen LogP contribution in [0.25, 0.3) is 0 Å². The summed E-state index contributed by atoms with van der Waals surface area (Å²) in [5.41, 5.74) is 0.845. The van der Waals surface area contributed by atoms with Crippen molar-refractivity contribution < 1.29 is 9.90 Å². The number of anilines is 1. The number of halogens is 1. The van der Waals surface area contributed by atoms with Crippen LogP contribution in [0.4, 0.5) is 5.69 Å². The van der Waals surface area contributed by atoms with Gasteiger partial charge in [0.05, 0.1) is 18.3 Å². The number of hydrogen-bond acceptors (Lipinski definition) is 3. The van der Waals surface area contributed by atoms with E-state index in [0.29, 0.717) is 13.1 Å². The minimum atomic E-state index is -0.278. The third-order valence-electron chi connectivity index (χ3n) is 2.76. The summed E-state index contributed by atoms with van der Waals surface area (Å²) < 4.78 is 1.03. The Morgan fingerprint density at radius 1 is 1.53 bits per heavy atom. The summed E-state index contributed by atoms with van der Waals surface area (Å²) in [6, 6.07) is 7.68. The number of aliphatic hydroxyl groups is 1. The Morgan fingerprint density at radius 3 is 2.94 bits per heavy atom. The average molecular weight is 346 g/mol. The van der Waals surface area contributed by atoms with Crippen LogP contribution in [0.1, 0.15) is 6.42 Å². The lowest BCUT2D eigenvalue weighted by molar-refractivity contribution is -0.117. The molecule has 1 aromatic carbocycles. The fourth-order valence-corrected chi connectivity index (χ4v) is 2.43. The van der Waals surface area contributed by atoms with E-state index in [9.17, 15) is 9.90 Å². The van der Waals surface area contributed by atoms with Crippen LogP contribution < -0.4 is 5.32 Å². The molecule has 92 valence electrons. The van der Waals surface area contributed by atoms with Gasteiger partial charge in [-0.15, -0.1) is 0 Å². The summed E-state index contributed by atoms with van der Waals surface area (Å²) in [4.78, 5) is 13.8. The van der Waals surface area contributed by atoms with Gasteiger partial charge in [-0.25, -0.2) is 0 Å². The van der Waals surface area contributed by atoms with E-state index >= 15 is 0 Å². The van der Waals surface area contributed by atoms with Gasteiger partial charge in [0.2, 0.25) is 5.91 Å². The zero-order valence-corrected chi connectivity index (χ0v) is 11.6. The molecule has 0 saturated carbocycles. The number of hydrogen-bond donors (Lipinski definition) is 2. The van der Waals surface area contributed by atoms with E-state index in [4.69, 9.17) is 0 Å². The highest BCUT2D eigenvalue weighted by Gasteiger charge is 2.21. The number of benzene rings is 1. The molecule has 2 rings (SSSR count). The number of carbonyl (C=O) groups is 1. The van der Waals surface area contributed by atoms with Gasteiger partial charge < -0.3 is 10.4 Å². The van der Waals surface area contributed by atoms with Crippen LogP contribution in [0, 0.1) is 3.57 Å². The van der Waals surface area contributed by atoms with Crippen LogP contribution in [0.3, 0.4) is 0 Å². The molecule has 4 nitrogen and oxygen atoms in total. The Morgan fingerprint density at radius 2 is 2.29 bits per heavy atom. The molecule has 1 aliphatic heterocycles. The topological polar surface area (TPSA) is 52.6 Å². The summed E-state index contributed by atoms with van der Waals surface area (Å²) in [7, 11) is 0. The Balaban J connectivity index is 1.87. The van der Waals surface area contributed by atoms with E-state index < -0.39 is 0 Å². The highest BCUT2D eigenvalue weighted by molar-refractivity contribution is 14.1. The summed E-state index contributed by atoms with van der Waals surface area (Å²) in [5.74, 6) is -0.0248. The first-order chi connectivity index (χ1) is 8.15. The molecule has 1 atom stereocenters. The van der Waals surface area contributed by atoms with Gasteiger partial charge >= 0.3 is 0 Å². The van der Waals surface area contributed by atoms with E-state index in [0.717, 1.165) is 22.2 Å². The van der Waals surface area contributed by atoms with Gasteiger partial charge in [0.15, 0.2) is 0 Å². The van der Waals surface area contributed by atoms with E-state index in [1.807, 2.05) is 29.2 Å². The van der Waals surface area contributed by atoms with Gasteiger partial charge in [-0.3, -0.25) is 9.69 Å². The molecule has 0 bridgehead atoms. The maximum atomic E-state index is 11.8. The van der Waals surface area contributed by atoms with Crippen LogP contribution >= 0.6 is 22.6 Å². The summed E-state index contributed by atoms with van der Waals surface area (Å²) in [6.07, 6.45) is 0.482. The van der Waals surface area contributed by atoms with Crippen LogP contribution in [-0.2, 0) is 4.79 Å². The van der Waals surface area contributed by atoms with Crippen molar-refractivity contribution in [1.82, 2.24) is 4.90 Å². The van der Waals surface area contributed by atoms with Crippen molar-refractivity contribution in [1.29, 1.82) is 0 Å². The Labute approximate surface area is 114 Å². The number of amides is 1. The summed E-state index contributed by atoms with van der Waals surface area (Å²) in [5, 5.41) is 12.3. The number of likely N-dealkylation sites (tertiary alicyclic amines) is 1. The number of aliphatic hydroxyl groups excluding tert-OH is 1. The molecule has 0 aromatic heterocycles. The van der Waals surface area contributed by atoms with Gasteiger partial charge in [-0.05, 0) is 41.1 Å². The lowest BCUT2D eigenvalue weighted by Crippen LogP contribution is -2.32. The van der Waals surface area contributed by atoms with Crippen molar-refractivity contribution >= 4 is 34.2 Å². The van der Waals surface area contributed by atoms with Crippen LogP contribution in [0.15, 0.2) is 24.3 Å². The molecule has 0 aliphatic carbocycles. The van der Waals surface area contributed by atoms with Gasteiger partial charge in [0, 0.05) is 16.7 Å². The largest absolute Gasteiger partial charge is 0.392 e. The number of carbonyl (C=O) groups excluding carboxylic acids is 1. The van der Waals surface area contributed by atoms with Gasteiger partial charge in [-0.1, -0.05) is 12.1 Å². The van der Waals surface area contributed by atoms with Gasteiger partial charge in [0.1, 0.15) is 0 Å². The highest BCUT2D eigenvalue weighted by Crippen LogP contribution is 2.17. The number of nitrogens with one attached hydrogen (secondary N) is 1. The van der Waals surface area contributed by atoms with E-state index in [-0.39, 0.29) is 12.0 Å². The molecule has 1 saturated heterocycles. The normalized spacial score (nSPS) is 20.5. The maximum absolute atomic E-state index is 11.8. The van der Waals surface area contributed by atoms with Crippen molar-refractivity contribution in [2.24, 2.45) is 0 Å². The first kappa shape index (κ1) is 12.8. The average Bonchev–Trinajstić information content (AvgIpc) is 2.67. The minimum Gasteiger partial charge on any atom is -0.392 e. The predicted octanol–water partition coefficient (Wildman–Crippen LogP) is 1.30. The molecule has 1 heterocycles. The molecular weight excluding hydrogens is 331 g/mol. The van der Waals surface area contributed by atoms with Gasteiger partial charge in [-0.2, -0.15) is 0 Å². The first-order valence-corrected chi connectivity index (χ1v) is 6.68. The fraction of sp³-hybridized carbons (Fsp3) is 0.417. The Kier molecular flexibility index (Phi) is 4.36. The van der Waals surface area contributed by atoms with E-state index in [2.05, 4.69) is 27.9 Å². The molecule has 5 heteroatoms. The second-order valence-electron chi connectivity index (χ2n) is 4.21. The molecule has 17 heavy (non-hydrogen) atoms. The zero-order chi connectivity index (χ0) is 12.3. The maximum Gasteiger partial charge on any atom is 0.238 e. The SMILES string of the molecule is O=C(CN1CC[C@@H](O)C1)Nc1ccccc1I. The molecule has 0 radical (unpaired) electrons. The molecule has 1 aromatic rings. The molecule has 1 amide bonds. The number of para-hydroxylation sites is 1. The fourth-order valence-electron chi connectivity index (χ4n) is 1.91. The Hall–Kier alpha value is -0.660. The quantitative estimate of drug-likeness (QED) is 0.812. The summed E-state index contributed by atoms with van der Waals surface area (Å²) >= 11 is 2.19. The first-order valence-electron chi connectivity index (χ1n) is 5.60. The van der Waals surface area contributed by atoms with Crippen molar-refractivity contribution in [3.8, 4) is 0 Å². The minimum absolute atomic E-state index is 0.0248. The number of β-amino-alcohol motifs (C(OH)–C–C–N with tert-alkyl or cyclic N) is 1. The molecular formula is C12H15IN2O2. The zero-order valence-electron chi connectivity index (χ0n) is 9.40. The molecule has 0 unspecified atom stereocenters. The van der Waals surface area contributed by atoms with Gasteiger partial charge in [0.25, 0.3) is 0 Å². The monoisotopic (exact) mass is 346 g/mol. The standard InChI is InChI=1S/C12H15IN2O2/c13-10-3-1-2-4-11(10)14-12(17)8-15-6-5-9(16)7-15/h1-4,9,16H,5-8H2,(H,14,17)/t9-/m1/s1. The molecule has 0 spiro atoms. The summed E-state index contributed by atoms with van der Waals surface area (Å²) in [6.45, 7) is 1.74. The van der Waals surface area contributed by atoms with Crippen molar-refractivity contribution in [3.63, 3.8) is 0 Å². The third-order valence-corrected chi connectivity index (χ3v) is 3.70. The molecule has 2 N–H and O–H groups in total. The van der Waals surface area contributed by atoms with Crippen molar-refractivity contribution in [2.45, 2.75) is 12.5 Å². The van der Waals surface area contributed by atoms with E-state index in [1.54, 1.807) is 0 Å². The molecule has 1 fully saturated rings. The van der Waals surface area contributed by atoms with Crippen LogP contribution in [-0.4, -0.2) is 41.7 Å². The Bertz CT molecular complexity index is 411. The molecule has 1 aliphatic rings. The lowest BCUT2D eigenvalue weighted by Gasteiger charge is -2.14. The van der Waals surface area contributed by atoms with Crippen LogP contribution in [0.2, 0.25) is 0 Å². The van der Waals surface area contributed by atoms with Crippen molar-refractivity contribution in [3.05, 3.63) is 27.8 Å². The van der Waals surface area contributed by atoms with E-state index in [1.165, 1.54) is 0 Å². The smallest absolute Gasteiger partial charge is 0.238 e. The number of nitrogens with zero attached hydrogens (tertiary/aromatic N) is 1.